The van der Waals surface area contributed by atoms with E-state index in [-0.39, 0.29) is 18.1 Å². The molecule has 2 aliphatic heterocycles. The lowest BCUT2D eigenvalue weighted by molar-refractivity contribution is -0.140. The van der Waals surface area contributed by atoms with Gasteiger partial charge in [0.25, 0.3) is 5.91 Å². The molecule has 10 heteroatoms. The Morgan fingerprint density at radius 2 is 1.97 bits per heavy atom. The third-order valence-electron chi connectivity index (χ3n) is 6.51. The standard InChI is InChI=1S/C24H29N3O6S/c1-3-5-17-7-9-18(10-8-17)24(2)22(29)27(23(30)25-24)15-21(28)26(14-20-6-4-12-33-20)19-11-13-34(31,32)16-19/h4,6-10,12,19H,3,5,11,13-16H2,1-2H3,(H,25,30)/t19-,24+/m0/s1. The maximum atomic E-state index is 13.3. The van der Waals surface area contributed by atoms with E-state index in [2.05, 4.69) is 12.2 Å². The fourth-order valence-corrected chi connectivity index (χ4v) is 6.30. The topological polar surface area (TPSA) is 117 Å². The fourth-order valence-electron chi connectivity index (χ4n) is 4.57. The number of imide groups is 1. The van der Waals surface area contributed by atoms with E-state index in [1.165, 1.54) is 11.2 Å². The van der Waals surface area contributed by atoms with Crippen molar-refractivity contribution in [1.82, 2.24) is 15.1 Å². The van der Waals surface area contributed by atoms with Gasteiger partial charge in [0.2, 0.25) is 5.91 Å². The van der Waals surface area contributed by atoms with Gasteiger partial charge in [0.05, 0.1) is 24.3 Å². The highest BCUT2D eigenvalue weighted by Crippen LogP contribution is 2.30. The van der Waals surface area contributed by atoms with Crippen LogP contribution in [0.15, 0.2) is 47.1 Å². The molecule has 4 amide bonds. The molecule has 0 aliphatic carbocycles. The maximum Gasteiger partial charge on any atom is 0.325 e. The fraction of sp³-hybridized carbons (Fsp3) is 0.458. The van der Waals surface area contributed by atoms with E-state index in [0.29, 0.717) is 17.7 Å². The van der Waals surface area contributed by atoms with Crippen LogP contribution in [0.2, 0.25) is 0 Å². The van der Waals surface area contributed by atoms with Crippen LogP contribution in [-0.4, -0.2) is 60.2 Å². The molecule has 2 atom stereocenters. The van der Waals surface area contributed by atoms with Crippen LogP contribution in [-0.2, 0) is 37.9 Å². The summed E-state index contributed by atoms with van der Waals surface area (Å²) >= 11 is 0. The van der Waals surface area contributed by atoms with Crippen molar-refractivity contribution in [2.45, 2.75) is 51.2 Å². The molecular formula is C24H29N3O6S. The van der Waals surface area contributed by atoms with Crippen molar-refractivity contribution in [3.8, 4) is 0 Å². The summed E-state index contributed by atoms with van der Waals surface area (Å²) in [6.07, 6.45) is 3.69. The molecule has 0 radical (unpaired) electrons. The van der Waals surface area contributed by atoms with Crippen LogP contribution in [0.1, 0.15) is 43.6 Å². The average molecular weight is 488 g/mol. The molecule has 3 heterocycles. The van der Waals surface area contributed by atoms with Crippen LogP contribution >= 0.6 is 0 Å². The van der Waals surface area contributed by atoms with Crippen LogP contribution in [0.4, 0.5) is 4.79 Å². The Balaban J connectivity index is 1.53. The minimum absolute atomic E-state index is 0.00513. The zero-order chi connectivity index (χ0) is 24.5. The molecule has 2 fully saturated rings. The SMILES string of the molecule is CCCc1ccc([C@@]2(C)NC(=O)N(CC(=O)N(Cc3ccco3)[C@H]3CCS(=O)(=O)C3)C2=O)cc1. The van der Waals surface area contributed by atoms with Gasteiger partial charge in [-0.25, -0.2) is 13.2 Å². The van der Waals surface area contributed by atoms with E-state index in [1.54, 1.807) is 19.1 Å². The minimum Gasteiger partial charge on any atom is -0.467 e. The summed E-state index contributed by atoms with van der Waals surface area (Å²) in [5.74, 6) is -0.696. The number of amides is 4. The molecule has 1 N–H and O–H groups in total. The van der Waals surface area contributed by atoms with Gasteiger partial charge in [0.15, 0.2) is 9.84 Å². The summed E-state index contributed by atoms with van der Waals surface area (Å²) in [7, 11) is -3.25. The Morgan fingerprint density at radius 3 is 2.56 bits per heavy atom. The lowest BCUT2D eigenvalue weighted by Crippen LogP contribution is -2.48. The van der Waals surface area contributed by atoms with Gasteiger partial charge >= 0.3 is 6.03 Å². The van der Waals surface area contributed by atoms with Crippen LogP contribution < -0.4 is 5.32 Å². The van der Waals surface area contributed by atoms with E-state index in [9.17, 15) is 22.8 Å². The van der Waals surface area contributed by atoms with Crippen molar-refractivity contribution < 1.29 is 27.2 Å². The summed E-state index contributed by atoms with van der Waals surface area (Å²) in [6, 6.07) is 9.68. The molecule has 0 bridgehead atoms. The van der Waals surface area contributed by atoms with Crippen LogP contribution in [0.3, 0.4) is 0 Å². The molecule has 0 spiro atoms. The summed E-state index contributed by atoms with van der Waals surface area (Å²) in [6.45, 7) is 3.29. The normalized spacial score (nSPS) is 23.8. The number of rotatable bonds is 8. The first kappa shape index (κ1) is 24.0. The van der Waals surface area contributed by atoms with Gasteiger partial charge in [-0.2, -0.15) is 0 Å². The number of hydrogen-bond acceptors (Lipinski definition) is 6. The number of hydrogen-bond donors (Lipinski definition) is 1. The number of benzene rings is 1. The molecule has 1 aromatic carbocycles. The highest BCUT2D eigenvalue weighted by molar-refractivity contribution is 7.91. The second-order valence-corrected chi connectivity index (χ2v) is 11.3. The molecule has 0 saturated carbocycles. The van der Waals surface area contributed by atoms with Crippen molar-refractivity contribution >= 4 is 27.7 Å². The van der Waals surface area contributed by atoms with E-state index in [4.69, 9.17) is 4.42 Å². The summed E-state index contributed by atoms with van der Waals surface area (Å²) < 4.78 is 29.4. The number of furan rings is 1. The molecule has 2 aliphatic rings. The molecular weight excluding hydrogens is 458 g/mol. The molecule has 9 nitrogen and oxygen atoms in total. The summed E-state index contributed by atoms with van der Waals surface area (Å²) in [5.41, 5.74) is 0.485. The second-order valence-electron chi connectivity index (χ2n) is 9.05. The number of aryl methyl sites for hydroxylation is 1. The molecule has 34 heavy (non-hydrogen) atoms. The quantitative estimate of drug-likeness (QED) is 0.571. The molecule has 1 aromatic heterocycles. The number of nitrogens with zero attached hydrogens (tertiary/aromatic N) is 2. The first-order valence-corrected chi connectivity index (χ1v) is 13.2. The first-order valence-electron chi connectivity index (χ1n) is 11.4. The van der Waals surface area contributed by atoms with Gasteiger partial charge in [-0.1, -0.05) is 37.6 Å². The highest BCUT2D eigenvalue weighted by Gasteiger charge is 2.50. The van der Waals surface area contributed by atoms with E-state index < -0.39 is 45.8 Å². The number of carbonyl (C=O) groups is 3. The molecule has 2 saturated heterocycles. The Bertz CT molecular complexity index is 1180. The Kier molecular flexibility index (Phi) is 6.53. The van der Waals surface area contributed by atoms with Crippen molar-refractivity contribution in [2.75, 3.05) is 18.1 Å². The largest absolute Gasteiger partial charge is 0.467 e. The van der Waals surface area contributed by atoms with Crippen LogP contribution in [0, 0.1) is 0 Å². The molecule has 0 unspecified atom stereocenters. The van der Waals surface area contributed by atoms with Crippen LogP contribution in [0.5, 0.6) is 0 Å². The Hall–Kier alpha value is -3.14. The van der Waals surface area contributed by atoms with Gasteiger partial charge in [0, 0.05) is 6.04 Å². The average Bonchev–Trinajstić information content (AvgIpc) is 3.49. The third kappa shape index (κ3) is 4.72. The monoisotopic (exact) mass is 487 g/mol. The summed E-state index contributed by atoms with van der Waals surface area (Å²) in [4.78, 5) is 41.7. The number of urea groups is 1. The second kappa shape index (κ2) is 9.25. The predicted octanol–water partition coefficient (Wildman–Crippen LogP) is 2.21. The van der Waals surface area contributed by atoms with Gasteiger partial charge < -0.3 is 14.6 Å². The lowest BCUT2D eigenvalue weighted by atomic mass is 9.91. The van der Waals surface area contributed by atoms with Gasteiger partial charge in [0.1, 0.15) is 17.8 Å². The number of nitrogens with one attached hydrogen (secondary N) is 1. The van der Waals surface area contributed by atoms with Gasteiger partial charge in [-0.15, -0.1) is 0 Å². The minimum atomic E-state index is -3.25. The lowest BCUT2D eigenvalue weighted by Gasteiger charge is -2.29. The van der Waals surface area contributed by atoms with E-state index >= 15 is 0 Å². The van der Waals surface area contributed by atoms with Crippen molar-refractivity contribution in [2.24, 2.45) is 0 Å². The smallest absolute Gasteiger partial charge is 0.325 e. The zero-order valence-corrected chi connectivity index (χ0v) is 20.1. The molecule has 4 rings (SSSR count). The maximum absolute atomic E-state index is 13.3. The number of carbonyl (C=O) groups excluding carboxylic acids is 3. The van der Waals surface area contributed by atoms with E-state index in [1.807, 2.05) is 24.3 Å². The first-order chi connectivity index (χ1) is 16.1. The predicted molar refractivity (Wildman–Crippen MR) is 124 cm³/mol. The number of sulfone groups is 1. The highest BCUT2D eigenvalue weighted by atomic mass is 32.2. The Morgan fingerprint density at radius 1 is 1.24 bits per heavy atom. The van der Waals surface area contributed by atoms with Crippen molar-refractivity contribution in [3.05, 3.63) is 59.5 Å². The summed E-state index contributed by atoms with van der Waals surface area (Å²) in [5, 5.41) is 2.72. The van der Waals surface area contributed by atoms with E-state index in [0.717, 1.165) is 23.3 Å². The van der Waals surface area contributed by atoms with Crippen LogP contribution in [0.25, 0.3) is 0 Å². The van der Waals surface area contributed by atoms with Gasteiger partial charge in [-0.3, -0.25) is 14.5 Å². The van der Waals surface area contributed by atoms with Crippen molar-refractivity contribution in [3.63, 3.8) is 0 Å². The van der Waals surface area contributed by atoms with Crippen molar-refractivity contribution in [1.29, 1.82) is 0 Å². The third-order valence-corrected chi connectivity index (χ3v) is 8.26. The zero-order valence-electron chi connectivity index (χ0n) is 19.3. The molecule has 2 aromatic rings. The Labute approximate surface area is 199 Å². The van der Waals surface area contributed by atoms with Gasteiger partial charge in [-0.05, 0) is 43.0 Å². The molecule has 182 valence electrons.